The molecular formula is C13H10N4S2. The number of hydrogen-bond donors (Lipinski definition) is 1. The molecule has 0 spiro atoms. The van der Waals surface area contributed by atoms with Crippen LogP contribution in [0, 0.1) is 11.3 Å². The number of nitriles is 1. The number of hydrogen-bond acceptors (Lipinski definition) is 5. The zero-order valence-corrected chi connectivity index (χ0v) is 11.6. The first-order chi connectivity index (χ1) is 9.35. The van der Waals surface area contributed by atoms with Crippen LogP contribution in [0.2, 0.25) is 0 Å². The lowest BCUT2D eigenvalue weighted by Crippen LogP contribution is -1.84. The van der Waals surface area contributed by atoms with Crippen LogP contribution in [-0.2, 0) is 12.2 Å². The number of nitrogens with zero attached hydrogens (tertiary/aromatic N) is 3. The molecule has 1 N–H and O–H groups in total. The molecule has 0 aliphatic rings. The average Bonchev–Trinajstić information content (AvgIpc) is 3.02. The predicted octanol–water partition coefficient (Wildman–Crippen LogP) is 3.38. The Morgan fingerprint density at radius 1 is 1.32 bits per heavy atom. The van der Waals surface area contributed by atoms with Crippen LogP contribution >= 0.6 is 23.1 Å². The maximum atomic E-state index is 8.61. The smallest absolute Gasteiger partial charge is 0.166 e. The van der Waals surface area contributed by atoms with Gasteiger partial charge in [-0.25, -0.2) is 9.97 Å². The molecule has 0 saturated heterocycles. The fraction of sp³-hybridized carbons (Fsp3) is 0.154. The Bertz CT molecular complexity index is 705. The highest BCUT2D eigenvalue weighted by Crippen LogP contribution is 2.23. The standard InChI is InChI=1S/C13H10N4S2/c14-6-5-12-15-9(7-18-12)8-19-13-16-10-3-1-2-4-11(10)17-13/h1-4,7H,5,8H2,(H,16,17). The average molecular weight is 286 g/mol. The number of H-pyrrole nitrogens is 1. The molecule has 2 aromatic heterocycles. The number of thiazole rings is 1. The van der Waals surface area contributed by atoms with Crippen molar-refractivity contribution in [2.75, 3.05) is 0 Å². The summed E-state index contributed by atoms with van der Waals surface area (Å²) in [5.74, 6) is 0.766. The second-order valence-corrected chi connectivity index (χ2v) is 5.82. The maximum Gasteiger partial charge on any atom is 0.166 e. The highest BCUT2D eigenvalue weighted by Gasteiger charge is 2.06. The van der Waals surface area contributed by atoms with Gasteiger partial charge < -0.3 is 4.98 Å². The van der Waals surface area contributed by atoms with Crippen LogP contribution in [-0.4, -0.2) is 15.0 Å². The first-order valence-electron chi connectivity index (χ1n) is 5.73. The molecule has 0 bridgehead atoms. The molecule has 3 rings (SSSR count). The van der Waals surface area contributed by atoms with Crippen molar-refractivity contribution < 1.29 is 0 Å². The number of imidazole rings is 1. The van der Waals surface area contributed by atoms with Crippen molar-refractivity contribution in [3.8, 4) is 6.07 Å². The van der Waals surface area contributed by atoms with Crippen LogP contribution in [0.3, 0.4) is 0 Å². The van der Waals surface area contributed by atoms with E-state index in [0.717, 1.165) is 32.6 Å². The Balaban J connectivity index is 1.69. The summed E-state index contributed by atoms with van der Waals surface area (Å²) < 4.78 is 0. The number of thioether (sulfide) groups is 1. The van der Waals surface area contributed by atoms with Crippen LogP contribution in [0.1, 0.15) is 10.7 Å². The third kappa shape index (κ3) is 2.78. The van der Waals surface area contributed by atoms with E-state index in [2.05, 4.69) is 21.0 Å². The van der Waals surface area contributed by atoms with Gasteiger partial charge >= 0.3 is 0 Å². The highest BCUT2D eigenvalue weighted by atomic mass is 32.2. The van der Waals surface area contributed by atoms with Crippen molar-refractivity contribution in [2.45, 2.75) is 17.3 Å². The van der Waals surface area contributed by atoms with Gasteiger partial charge in [-0.2, -0.15) is 5.26 Å². The van der Waals surface area contributed by atoms with Crippen molar-refractivity contribution in [2.24, 2.45) is 0 Å². The zero-order valence-electron chi connectivity index (χ0n) is 9.96. The molecule has 0 fully saturated rings. The van der Waals surface area contributed by atoms with Crippen molar-refractivity contribution in [3.05, 3.63) is 40.3 Å². The summed E-state index contributed by atoms with van der Waals surface area (Å²) in [6.07, 6.45) is 0.389. The Kier molecular flexibility index (Phi) is 3.49. The predicted molar refractivity (Wildman–Crippen MR) is 77.1 cm³/mol. The molecule has 3 aromatic rings. The molecule has 19 heavy (non-hydrogen) atoms. The van der Waals surface area contributed by atoms with E-state index in [9.17, 15) is 0 Å². The molecule has 6 heteroatoms. The van der Waals surface area contributed by atoms with E-state index < -0.39 is 0 Å². The minimum atomic E-state index is 0.389. The topological polar surface area (TPSA) is 65.4 Å². The lowest BCUT2D eigenvalue weighted by atomic mass is 10.3. The number of nitrogens with one attached hydrogen (secondary N) is 1. The summed E-state index contributed by atoms with van der Waals surface area (Å²) in [5, 5.41) is 12.4. The van der Waals surface area contributed by atoms with Gasteiger partial charge in [-0.05, 0) is 12.1 Å². The van der Waals surface area contributed by atoms with Gasteiger partial charge in [0.05, 0.1) is 29.2 Å². The van der Waals surface area contributed by atoms with Crippen LogP contribution in [0.4, 0.5) is 0 Å². The Morgan fingerprint density at radius 2 is 2.21 bits per heavy atom. The SMILES string of the molecule is N#CCc1nc(CSc2nc3ccccc3[nH]2)cs1. The van der Waals surface area contributed by atoms with E-state index in [1.165, 1.54) is 11.3 Å². The van der Waals surface area contributed by atoms with Gasteiger partial charge in [0, 0.05) is 11.1 Å². The van der Waals surface area contributed by atoms with E-state index in [1.54, 1.807) is 11.8 Å². The summed E-state index contributed by atoms with van der Waals surface area (Å²) in [5.41, 5.74) is 3.03. The number of aromatic nitrogens is 3. The van der Waals surface area contributed by atoms with Gasteiger partial charge in [0.15, 0.2) is 5.16 Å². The van der Waals surface area contributed by atoms with Crippen molar-refractivity contribution in [1.82, 2.24) is 15.0 Å². The summed E-state index contributed by atoms with van der Waals surface area (Å²) in [6, 6.07) is 10.1. The quantitative estimate of drug-likeness (QED) is 0.747. The van der Waals surface area contributed by atoms with E-state index in [4.69, 9.17) is 5.26 Å². The second-order valence-electron chi connectivity index (χ2n) is 3.92. The molecule has 0 unspecified atom stereocenters. The van der Waals surface area contributed by atoms with E-state index in [1.807, 2.05) is 29.6 Å². The largest absolute Gasteiger partial charge is 0.333 e. The molecule has 1 aromatic carbocycles. The fourth-order valence-electron chi connectivity index (χ4n) is 1.70. The summed E-state index contributed by atoms with van der Waals surface area (Å²) in [6.45, 7) is 0. The van der Waals surface area contributed by atoms with Crippen molar-refractivity contribution >= 4 is 34.1 Å². The molecule has 2 heterocycles. The van der Waals surface area contributed by atoms with Crippen molar-refractivity contribution in [1.29, 1.82) is 5.26 Å². The van der Waals surface area contributed by atoms with E-state index in [0.29, 0.717) is 6.42 Å². The van der Waals surface area contributed by atoms with Gasteiger partial charge in [0.2, 0.25) is 0 Å². The van der Waals surface area contributed by atoms with Gasteiger partial charge in [0.1, 0.15) is 5.01 Å². The molecule has 0 aliphatic carbocycles. The molecule has 0 saturated carbocycles. The second kappa shape index (κ2) is 5.43. The minimum Gasteiger partial charge on any atom is -0.333 e. The number of benzene rings is 1. The van der Waals surface area contributed by atoms with Gasteiger partial charge in [-0.3, -0.25) is 0 Å². The third-order valence-corrected chi connectivity index (χ3v) is 4.36. The van der Waals surface area contributed by atoms with Crippen molar-refractivity contribution in [3.63, 3.8) is 0 Å². The lowest BCUT2D eigenvalue weighted by Gasteiger charge is -1.93. The van der Waals surface area contributed by atoms with Crippen LogP contribution in [0.25, 0.3) is 11.0 Å². The number of rotatable bonds is 4. The zero-order chi connectivity index (χ0) is 13.1. The normalized spacial score (nSPS) is 10.7. The van der Waals surface area contributed by atoms with Crippen LogP contribution in [0.15, 0.2) is 34.8 Å². The molecule has 0 radical (unpaired) electrons. The molecular weight excluding hydrogens is 276 g/mol. The number of aromatic amines is 1. The van der Waals surface area contributed by atoms with Gasteiger partial charge in [-0.15, -0.1) is 11.3 Å². The van der Waals surface area contributed by atoms with Gasteiger partial charge in [0.25, 0.3) is 0 Å². The molecule has 0 aliphatic heterocycles. The maximum absolute atomic E-state index is 8.61. The van der Waals surface area contributed by atoms with Crippen LogP contribution in [0.5, 0.6) is 0 Å². The minimum absolute atomic E-state index is 0.389. The monoisotopic (exact) mass is 286 g/mol. The number of fused-ring (bicyclic) bond motifs is 1. The summed E-state index contributed by atoms with van der Waals surface area (Å²) >= 11 is 3.16. The molecule has 0 amide bonds. The highest BCUT2D eigenvalue weighted by molar-refractivity contribution is 7.98. The lowest BCUT2D eigenvalue weighted by molar-refractivity contribution is 1.07. The summed E-state index contributed by atoms with van der Waals surface area (Å²) in [4.78, 5) is 12.2. The fourth-order valence-corrected chi connectivity index (χ4v) is 3.31. The van der Waals surface area contributed by atoms with Crippen LogP contribution < -0.4 is 0 Å². The molecule has 0 atom stereocenters. The number of para-hydroxylation sites is 2. The Hall–Kier alpha value is -1.84. The molecule has 4 nitrogen and oxygen atoms in total. The van der Waals surface area contributed by atoms with E-state index >= 15 is 0 Å². The third-order valence-electron chi connectivity index (χ3n) is 2.55. The summed E-state index contributed by atoms with van der Waals surface area (Å²) in [7, 11) is 0. The first kappa shape index (κ1) is 12.2. The Labute approximate surface area is 118 Å². The Morgan fingerprint density at radius 3 is 3.05 bits per heavy atom. The van der Waals surface area contributed by atoms with Gasteiger partial charge in [-0.1, -0.05) is 23.9 Å². The van der Waals surface area contributed by atoms with E-state index in [-0.39, 0.29) is 0 Å². The first-order valence-corrected chi connectivity index (χ1v) is 7.59. The molecule has 94 valence electrons.